The highest BCUT2D eigenvalue weighted by atomic mass is 15.5. The molecule has 1 N–H and O–H groups in total. The molecule has 6 rings (SSSR count). The summed E-state index contributed by atoms with van der Waals surface area (Å²) in [5.74, 6) is 0.902. The largest absolute Gasteiger partial charge is 0.305 e. The van der Waals surface area contributed by atoms with Crippen LogP contribution in [0.1, 0.15) is 78.0 Å². The van der Waals surface area contributed by atoms with Gasteiger partial charge in [0, 0.05) is 17.6 Å². The Hall–Kier alpha value is -1.68. The number of rotatable bonds is 5. The maximum Gasteiger partial charge on any atom is 0.117 e. The van der Waals surface area contributed by atoms with Crippen LogP contribution in [0, 0.1) is 16.7 Å². The summed E-state index contributed by atoms with van der Waals surface area (Å²) in [4.78, 5) is 1.88. The summed E-state index contributed by atoms with van der Waals surface area (Å²) in [6.07, 6.45) is 8.28. The average Bonchev–Trinajstić information content (AvgIpc) is 3.02. The van der Waals surface area contributed by atoms with Crippen LogP contribution in [0.25, 0.3) is 11.3 Å². The van der Waals surface area contributed by atoms with Gasteiger partial charge in [0.1, 0.15) is 11.4 Å². The quantitative estimate of drug-likeness (QED) is 0.761. The minimum absolute atomic E-state index is 0.272. The number of hydrogen-bond acceptors (Lipinski definition) is 3. The van der Waals surface area contributed by atoms with E-state index in [1.54, 1.807) is 0 Å². The maximum absolute atomic E-state index is 4.88. The van der Waals surface area contributed by atoms with Gasteiger partial charge in [-0.1, -0.05) is 44.2 Å². The molecule has 4 aliphatic carbocycles. The van der Waals surface area contributed by atoms with Crippen LogP contribution in [-0.4, -0.2) is 20.5 Å². The third kappa shape index (κ3) is 3.10. The Bertz CT molecular complexity index is 850. The molecule has 4 saturated carbocycles. The third-order valence-electron chi connectivity index (χ3n) is 7.47. The van der Waals surface area contributed by atoms with Crippen LogP contribution < -0.4 is 5.32 Å². The summed E-state index contributed by atoms with van der Waals surface area (Å²) in [5.41, 5.74) is 4.63. The van der Waals surface area contributed by atoms with Crippen LogP contribution in [0.15, 0.2) is 30.3 Å². The Morgan fingerprint density at radius 3 is 2.29 bits per heavy atom. The monoisotopic (exact) mass is 378 g/mol. The highest BCUT2D eigenvalue weighted by Crippen LogP contribution is 2.66. The lowest BCUT2D eigenvalue weighted by Gasteiger charge is -2.65. The molecule has 4 aliphatic rings. The molecular formula is C24H34N4. The molecule has 0 saturated heterocycles. The highest BCUT2D eigenvalue weighted by molar-refractivity contribution is 5.60. The second kappa shape index (κ2) is 6.16. The number of nitrogens with zero attached hydrogens (tertiary/aromatic N) is 3. The number of benzene rings is 1. The second-order valence-electron chi connectivity index (χ2n) is 11.0. The molecule has 4 heteroatoms. The summed E-state index contributed by atoms with van der Waals surface area (Å²) in [5, 5.41) is 13.8. The van der Waals surface area contributed by atoms with E-state index < -0.39 is 0 Å². The fourth-order valence-corrected chi connectivity index (χ4v) is 7.44. The molecule has 0 radical (unpaired) electrons. The standard InChI is InChI=1S/C24H34N4/c1-17(2)28-26-20(21(27-28)19-8-6-5-7-9-19)13-25-24-12-18-10-22(3,15-24)14-23(4,11-18)16-24/h5-9,17-18,25H,10-16H2,1-4H3/t18?,22-,23+,24?. The molecule has 0 spiro atoms. The van der Waals surface area contributed by atoms with Crippen molar-refractivity contribution in [3.8, 4) is 11.3 Å². The van der Waals surface area contributed by atoms with Crippen LogP contribution in [0.5, 0.6) is 0 Å². The van der Waals surface area contributed by atoms with E-state index in [0.717, 1.165) is 29.4 Å². The van der Waals surface area contributed by atoms with Crippen molar-refractivity contribution in [2.45, 2.75) is 84.3 Å². The van der Waals surface area contributed by atoms with Crippen molar-refractivity contribution in [3.05, 3.63) is 36.0 Å². The Labute approximate surface area is 169 Å². The number of nitrogens with one attached hydrogen (secondary N) is 1. The molecule has 1 heterocycles. The predicted molar refractivity (Wildman–Crippen MR) is 113 cm³/mol. The van der Waals surface area contributed by atoms with Crippen molar-refractivity contribution in [2.24, 2.45) is 16.7 Å². The van der Waals surface area contributed by atoms with Crippen LogP contribution in [0.2, 0.25) is 0 Å². The van der Waals surface area contributed by atoms with Gasteiger partial charge < -0.3 is 5.32 Å². The van der Waals surface area contributed by atoms with Gasteiger partial charge in [0.05, 0.1) is 6.04 Å². The van der Waals surface area contributed by atoms with Crippen LogP contribution in [0.4, 0.5) is 0 Å². The van der Waals surface area contributed by atoms with Crippen molar-refractivity contribution in [3.63, 3.8) is 0 Å². The summed E-state index contributed by atoms with van der Waals surface area (Å²) in [6.45, 7) is 10.2. The van der Waals surface area contributed by atoms with E-state index in [-0.39, 0.29) is 6.04 Å². The van der Waals surface area contributed by atoms with Crippen LogP contribution in [0.3, 0.4) is 0 Å². The first kappa shape index (κ1) is 18.4. The fourth-order valence-electron chi connectivity index (χ4n) is 7.44. The van der Waals surface area contributed by atoms with E-state index >= 15 is 0 Å². The van der Waals surface area contributed by atoms with Gasteiger partial charge in [-0.2, -0.15) is 15.0 Å². The number of hydrogen-bond donors (Lipinski definition) is 1. The van der Waals surface area contributed by atoms with Gasteiger partial charge in [0.15, 0.2) is 0 Å². The first-order valence-corrected chi connectivity index (χ1v) is 11.0. The molecule has 4 bridgehead atoms. The minimum atomic E-state index is 0.272. The smallest absolute Gasteiger partial charge is 0.117 e. The molecule has 4 nitrogen and oxygen atoms in total. The minimum Gasteiger partial charge on any atom is -0.305 e. The lowest BCUT2D eigenvalue weighted by Crippen LogP contribution is -2.63. The molecule has 1 aromatic heterocycles. The Kier molecular flexibility index (Phi) is 4.04. The molecule has 2 unspecified atom stereocenters. The Balaban J connectivity index is 1.43. The summed E-state index contributed by atoms with van der Waals surface area (Å²) >= 11 is 0. The number of aromatic nitrogens is 3. The molecule has 28 heavy (non-hydrogen) atoms. The molecule has 150 valence electrons. The zero-order valence-electron chi connectivity index (χ0n) is 17.8. The van der Waals surface area contributed by atoms with E-state index in [1.165, 1.54) is 38.5 Å². The summed E-state index contributed by atoms with van der Waals surface area (Å²) < 4.78 is 0. The van der Waals surface area contributed by atoms with Gasteiger partial charge in [0.2, 0.25) is 0 Å². The zero-order valence-corrected chi connectivity index (χ0v) is 17.8. The average molecular weight is 379 g/mol. The van der Waals surface area contributed by atoms with Crippen LogP contribution >= 0.6 is 0 Å². The summed E-state index contributed by atoms with van der Waals surface area (Å²) in [7, 11) is 0. The Morgan fingerprint density at radius 1 is 1.00 bits per heavy atom. The molecular weight excluding hydrogens is 344 g/mol. The van der Waals surface area contributed by atoms with Crippen molar-refractivity contribution in [2.75, 3.05) is 0 Å². The SMILES string of the molecule is CC(C)n1nc(CNC23CC4C[C@@](C)(C2)C[C@](C)(C4)C3)c(-c2ccccc2)n1. The van der Waals surface area contributed by atoms with Gasteiger partial charge >= 0.3 is 0 Å². The molecule has 0 aliphatic heterocycles. The first-order valence-electron chi connectivity index (χ1n) is 11.0. The van der Waals surface area contributed by atoms with Gasteiger partial charge in [-0.25, -0.2) is 0 Å². The normalized spacial score (nSPS) is 36.4. The van der Waals surface area contributed by atoms with Crippen LogP contribution in [-0.2, 0) is 6.54 Å². The summed E-state index contributed by atoms with van der Waals surface area (Å²) in [6, 6.07) is 10.8. The second-order valence-corrected chi connectivity index (χ2v) is 11.0. The van der Waals surface area contributed by atoms with Gasteiger partial charge in [-0.3, -0.25) is 0 Å². The van der Waals surface area contributed by atoms with Crippen molar-refractivity contribution in [1.82, 2.24) is 20.3 Å². The molecule has 0 amide bonds. The lowest BCUT2D eigenvalue weighted by atomic mass is 9.43. The van der Waals surface area contributed by atoms with Gasteiger partial charge in [-0.15, -0.1) is 0 Å². The van der Waals surface area contributed by atoms with E-state index in [9.17, 15) is 0 Å². The third-order valence-corrected chi connectivity index (χ3v) is 7.47. The molecule has 2 aromatic rings. The van der Waals surface area contributed by atoms with Crippen molar-refractivity contribution >= 4 is 0 Å². The first-order chi connectivity index (χ1) is 13.3. The zero-order chi connectivity index (χ0) is 19.6. The predicted octanol–water partition coefficient (Wildman–Crippen LogP) is 5.36. The van der Waals surface area contributed by atoms with Crippen molar-refractivity contribution < 1.29 is 0 Å². The molecule has 4 fully saturated rings. The van der Waals surface area contributed by atoms with Gasteiger partial charge in [0.25, 0.3) is 0 Å². The molecule has 4 atom stereocenters. The van der Waals surface area contributed by atoms with Crippen molar-refractivity contribution in [1.29, 1.82) is 0 Å². The van der Waals surface area contributed by atoms with E-state index in [2.05, 4.69) is 63.3 Å². The van der Waals surface area contributed by atoms with E-state index in [1.807, 2.05) is 4.80 Å². The fraction of sp³-hybridized carbons (Fsp3) is 0.667. The Morgan fingerprint density at radius 2 is 1.68 bits per heavy atom. The van der Waals surface area contributed by atoms with E-state index in [4.69, 9.17) is 10.2 Å². The van der Waals surface area contributed by atoms with Gasteiger partial charge in [-0.05, 0) is 69.1 Å². The maximum atomic E-state index is 4.88. The lowest BCUT2D eigenvalue weighted by molar-refractivity contribution is -0.118. The molecule has 1 aromatic carbocycles. The topological polar surface area (TPSA) is 42.7 Å². The van der Waals surface area contributed by atoms with E-state index in [0.29, 0.717) is 16.4 Å². The highest BCUT2D eigenvalue weighted by Gasteiger charge is 2.59.